The van der Waals surface area contributed by atoms with Crippen LogP contribution in [0.5, 0.6) is 5.75 Å². The first-order chi connectivity index (χ1) is 14.5. The summed E-state index contributed by atoms with van der Waals surface area (Å²) < 4.78 is 7.03. The van der Waals surface area contributed by atoms with Crippen LogP contribution in [0.1, 0.15) is 36.4 Å². The summed E-state index contributed by atoms with van der Waals surface area (Å²) in [5.74, 6) is 0.754. The Balaban J connectivity index is 1.34. The van der Waals surface area contributed by atoms with Gasteiger partial charge < -0.3 is 20.2 Å². The quantitative estimate of drug-likeness (QED) is 0.351. The Bertz CT molecular complexity index is 886. The largest absolute Gasteiger partial charge is 0.492 e. The number of nitro groups is 1. The zero-order valence-corrected chi connectivity index (χ0v) is 17.9. The number of hydrogen-bond acceptors (Lipinski definition) is 7. The van der Waals surface area contributed by atoms with Crippen molar-refractivity contribution in [3.63, 3.8) is 0 Å². The van der Waals surface area contributed by atoms with Gasteiger partial charge in [-0.1, -0.05) is 12.5 Å². The number of rotatable bonds is 10. The normalized spacial score (nSPS) is 14.8. The Morgan fingerprint density at radius 2 is 2.20 bits per heavy atom. The summed E-state index contributed by atoms with van der Waals surface area (Å²) >= 11 is 1.72. The third kappa shape index (κ3) is 6.39. The number of carbonyl (C=O) groups excluding carboxylic acids is 1. The second-order valence-electron chi connectivity index (χ2n) is 7.20. The van der Waals surface area contributed by atoms with Crippen molar-refractivity contribution < 1.29 is 14.5 Å². The van der Waals surface area contributed by atoms with Crippen LogP contribution in [0.4, 0.5) is 5.82 Å². The Morgan fingerprint density at radius 1 is 1.40 bits per heavy atom. The molecule has 0 aliphatic carbocycles. The molecule has 2 aromatic heterocycles. The maximum Gasteiger partial charge on any atom is 0.343 e. The highest BCUT2D eigenvalue weighted by Crippen LogP contribution is 2.24. The fourth-order valence-corrected chi connectivity index (χ4v) is 4.17. The third-order valence-electron chi connectivity index (χ3n) is 4.90. The predicted molar refractivity (Wildman–Crippen MR) is 114 cm³/mol. The molecule has 0 atom stereocenters. The van der Waals surface area contributed by atoms with E-state index < -0.39 is 4.92 Å². The van der Waals surface area contributed by atoms with Crippen molar-refractivity contribution >= 4 is 23.1 Å². The van der Waals surface area contributed by atoms with E-state index in [1.54, 1.807) is 30.5 Å². The molecule has 3 rings (SSSR count). The SMILES string of the molecule is Cc1ncc([N+](=O)[O-])n1CC(=O)N/C=C\CCOc1csc(CN2CCCCC2)c1. The van der Waals surface area contributed by atoms with Crippen LogP contribution >= 0.6 is 11.3 Å². The molecule has 1 N–H and O–H groups in total. The van der Waals surface area contributed by atoms with Crippen molar-refractivity contribution in [1.82, 2.24) is 19.8 Å². The molecule has 0 aromatic carbocycles. The third-order valence-corrected chi connectivity index (χ3v) is 5.80. The number of thiophene rings is 1. The van der Waals surface area contributed by atoms with Crippen LogP contribution in [0.2, 0.25) is 0 Å². The number of amides is 1. The van der Waals surface area contributed by atoms with Crippen LogP contribution < -0.4 is 10.1 Å². The van der Waals surface area contributed by atoms with Crippen molar-refractivity contribution in [2.24, 2.45) is 0 Å². The molecule has 1 aliphatic heterocycles. The molecular weight excluding hydrogens is 406 g/mol. The number of imidazole rings is 1. The highest BCUT2D eigenvalue weighted by Gasteiger charge is 2.19. The lowest BCUT2D eigenvalue weighted by molar-refractivity contribution is -0.392. The minimum atomic E-state index is -0.553. The molecule has 1 saturated heterocycles. The van der Waals surface area contributed by atoms with Crippen molar-refractivity contribution in [1.29, 1.82) is 0 Å². The standard InChI is InChI=1S/C20H27N5O4S/c1-16-22-12-20(25(27)28)24(16)14-19(26)21-7-3-6-10-29-17-11-18(30-15-17)13-23-8-4-2-5-9-23/h3,7,11-12,15H,2,4-6,8-10,13-14H2,1H3,(H,21,26)/b7-3-. The van der Waals surface area contributed by atoms with Crippen LogP contribution in [0.25, 0.3) is 0 Å². The first kappa shape index (κ1) is 22.0. The smallest absolute Gasteiger partial charge is 0.343 e. The van der Waals surface area contributed by atoms with Crippen LogP contribution in [0.15, 0.2) is 29.9 Å². The van der Waals surface area contributed by atoms with Crippen LogP contribution in [-0.2, 0) is 17.9 Å². The van der Waals surface area contributed by atoms with Gasteiger partial charge in [0.25, 0.3) is 5.91 Å². The average Bonchev–Trinajstić information content (AvgIpc) is 3.32. The summed E-state index contributed by atoms with van der Waals surface area (Å²) in [6.45, 7) is 5.33. The monoisotopic (exact) mass is 433 g/mol. The topological polar surface area (TPSA) is 103 Å². The second-order valence-corrected chi connectivity index (χ2v) is 8.20. The van der Waals surface area contributed by atoms with E-state index in [0.717, 1.165) is 18.5 Å². The highest BCUT2D eigenvalue weighted by atomic mass is 32.1. The molecule has 9 nitrogen and oxygen atoms in total. The molecule has 3 heterocycles. The molecular formula is C20H27N5O4S. The molecule has 0 radical (unpaired) electrons. The molecule has 0 unspecified atom stereocenters. The molecule has 0 spiro atoms. The van der Waals surface area contributed by atoms with E-state index in [-0.39, 0.29) is 18.3 Å². The Kier molecular flexibility index (Phi) is 7.97. The maximum absolute atomic E-state index is 12.0. The lowest BCUT2D eigenvalue weighted by Crippen LogP contribution is -2.28. The Hall–Kier alpha value is -2.72. The van der Waals surface area contributed by atoms with Gasteiger partial charge in [0.2, 0.25) is 0 Å². The molecule has 1 amide bonds. The van der Waals surface area contributed by atoms with Crippen LogP contribution in [0, 0.1) is 17.0 Å². The van der Waals surface area contributed by atoms with Crippen molar-refractivity contribution in [3.05, 3.63) is 50.7 Å². The summed E-state index contributed by atoms with van der Waals surface area (Å²) in [6.07, 6.45) is 9.05. The van der Waals surface area contributed by atoms with Gasteiger partial charge >= 0.3 is 5.82 Å². The zero-order chi connectivity index (χ0) is 21.3. The second kappa shape index (κ2) is 10.9. The lowest BCUT2D eigenvalue weighted by Gasteiger charge is -2.25. The van der Waals surface area contributed by atoms with Gasteiger partial charge in [-0.3, -0.25) is 9.69 Å². The fraction of sp³-hybridized carbons (Fsp3) is 0.500. The molecule has 162 valence electrons. The number of ether oxygens (including phenoxy) is 1. The first-order valence-electron chi connectivity index (χ1n) is 10.1. The van der Waals surface area contributed by atoms with Crippen LogP contribution in [0.3, 0.4) is 0 Å². The number of likely N-dealkylation sites (tertiary alicyclic amines) is 1. The van der Waals surface area contributed by atoms with Gasteiger partial charge in [-0.15, -0.1) is 11.3 Å². The fourth-order valence-electron chi connectivity index (χ4n) is 3.32. The summed E-state index contributed by atoms with van der Waals surface area (Å²) in [5, 5.41) is 15.6. The Morgan fingerprint density at radius 3 is 2.97 bits per heavy atom. The molecule has 2 aromatic rings. The number of hydrogen-bond donors (Lipinski definition) is 1. The van der Waals surface area contributed by atoms with E-state index >= 15 is 0 Å². The summed E-state index contributed by atoms with van der Waals surface area (Å²) in [7, 11) is 0. The van der Waals surface area contributed by atoms with E-state index in [9.17, 15) is 14.9 Å². The van der Waals surface area contributed by atoms with E-state index in [0.29, 0.717) is 18.9 Å². The number of carbonyl (C=O) groups is 1. The minimum absolute atomic E-state index is 0.155. The van der Waals surface area contributed by atoms with E-state index in [2.05, 4.69) is 21.3 Å². The molecule has 1 fully saturated rings. The maximum atomic E-state index is 12.0. The lowest BCUT2D eigenvalue weighted by atomic mass is 10.1. The van der Waals surface area contributed by atoms with Crippen molar-refractivity contribution in [2.75, 3.05) is 19.7 Å². The van der Waals surface area contributed by atoms with E-state index in [4.69, 9.17) is 4.74 Å². The molecule has 1 aliphatic rings. The number of aromatic nitrogens is 2. The number of nitrogens with zero attached hydrogens (tertiary/aromatic N) is 4. The van der Waals surface area contributed by atoms with Crippen LogP contribution in [-0.4, -0.2) is 45.0 Å². The van der Waals surface area contributed by atoms with Gasteiger partial charge in [0.05, 0.1) is 6.61 Å². The van der Waals surface area contributed by atoms with Gasteiger partial charge in [-0.05, 0) is 43.1 Å². The summed E-state index contributed by atoms with van der Waals surface area (Å²) in [5.41, 5.74) is 0. The van der Waals surface area contributed by atoms with Gasteiger partial charge in [0.1, 0.15) is 11.9 Å². The Labute approximate surface area is 179 Å². The van der Waals surface area contributed by atoms with Gasteiger partial charge in [0.15, 0.2) is 12.4 Å². The molecule has 0 bridgehead atoms. The van der Waals surface area contributed by atoms with Gasteiger partial charge in [-0.2, -0.15) is 0 Å². The minimum Gasteiger partial charge on any atom is -0.492 e. The van der Waals surface area contributed by atoms with E-state index in [1.165, 1.54) is 41.8 Å². The molecule has 0 saturated carbocycles. The molecule has 30 heavy (non-hydrogen) atoms. The summed E-state index contributed by atoms with van der Waals surface area (Å²) in [4.78, 5) is 30.1. The zero-order valence-electron chi connectivity index (χ0n) is 17.1. The van der Waals surface area contributed by atoms with Gasteiger partial charge in [-0.25, -0.2) is 9.55 Å². The van der Waals surface area contributed by atoms with Crippen molar-refractivity contribution in [3.8, 4) is 5.75 Å². The molecule has 10 heteroatoms. The average molecular weight is 434 g/mol. The first-order valence-corrected chi connectivity index (χ1v) is 10.9. The summed E-state index contributed by atoms with van der Waals surface area (Å²) in [6, 6.07) is 2.10. The number of aryl methyl sites for hydroxylation is 1. The predicted octanol–water partition coefficient (Wildman–Crippen LogP) is 3.25. The number of nitrogens with one attached hydrogen (secondary N) is 1. The van der Waals surface area contributed by atoms with Crippen molar-refractivity contribution in [2.45, 2.75) is 45.7 Å². The number of piperidine rings is 1. The van der Waals surface area contributed by atoms with E-state index in [1.807, 2.05) is 5.38 Å². The van der Waals surface area contributed by atoms with Gasteiger partial charge in [0, 0.05) is 30.1 Å². The highest BCUT2D eigenvalue weighted by molar-refractivity contribution is 7.10.